The van der Waals surface area contributed by atoms with Crippen LogP contribution in [0.4, 0.5) is 13.2 Å². The molecule has 7 nitrogen and oxygen atoms in total. The van der Waals surface area contributed by atoms with Crippen molar-refractivity contribution in [3.63, 3.8) is 0 Å². The minimum Gasteiger partial charge on any atom is -0.475 e. The van der Waals surface area contributed by atoms with Gasteiger partial charge in [-0.25, -0.2) is 4.79 Å². The van der Waals surface area contributed by atoms with E-state index < -0.39 is 12.1 Å². The molecular weight excluding hydrogens is 367 g/mol. The molecule has 1 atom stereocenters. The molecule has 1 N–H and O–H groups in total. The third kappa shape index (κ3) is 5.56. The van der Waals surface area contributed by atoms with Gasteiger partial charge in [0.1, 0.15) is 5.76 Å². The highest BCUT2D eigenvalue weighted by atomic mass is 19.4. The maximum atomic E-state index is 10.6. The lowest BCUT2D eigenvalue weighted by Gasteiger charge is -2.30. The first kappa shape index (κ1) is 19.4. The molecule has 2 aliphatic rings. The first-order chi connectivity index (χ1) is 12.8. The van der Waals surface area contributed by atoms with Crippen LogP contribution in [-0.2, 0) is 11.3 Å². The molecule has 148 valence electrons. The Labute approximate surface area is 153 Å². The molecule has 4 rings (SSSR count). The molecule has 1 saturated carbocycles. The van der Waals surface area contributed by atoms with E-state index in [1.54, 1.807) is 6.26 Å². The van der Waals surface area contributed by atoms with Crippen molar-refractivity contribution >= 4 is 5.97 Å². The third-order valence-electron chi connectivity index (χ3n) is 4.46. The Balaban J connectivity index is 0.000000260. The maximum Gasteiger partial charge on any atom is 0.490 e. The molecule has 0 spiro atoms. The third-order valence-corrected chi connectivity index (χ3v) is 4.46. The number of likely N-dealkylation sites (tertiary alicyclic amines) is 1. The maximum absolute atomic E-state index is 10.6. The smallest absolute Gasteiger partial charge is 0.475 e. The number of halogens is 3. The summed E-state index contributed by atoms with van der Waals surface area (Å²) in [6, 6.07) is 3.97. The largest absolute Gasteiger partial charge is 0.490 e. The van der Waals surface area contributed by atoms with Gasteiger partial charge in [0.2, 0.25) is 5.89 Å². The average molecular weight is 387 g/mol. The Morgan fingerprint density at radius 3 is 2.63 bits per heavy atom. The molecule has 0 bridgehead atoms. The average Bonchev–Trinajstić information content (AvgIpc) is 3.13. The van der Waals surface area contributed by atoms with E-state index in [2.05, 4.69) is 15.0 Å². The Bertz CT molecular complexity index is 741. The van der Waals surface area contributed by atoms with Crippen LogP contribution >= 0.6 is 0 Å². The molecule has 1 aliphatic heterocycles. The van der Waals surface area contributed by atoms with Crippen LogP contribution in [0.3, 0.4) is 0 Å². The summed E-state index contributed by atoms with van der Waals surface area (Å²) in [6.45, 7) is 2.96. The predicted molar refractivity (Wildman–Crippen MR) is 85.9 cm³/mol. The quantitative estimate of drug-likeness (QED) is 0.857. The van der Waals surface area contributed by atoms with E-state index >= 15 is 0 Å². The van der Waals surface area contributed by atoms with Gasteiger partial charge in [-0.15, -0.1) is 0 Å². The number of nitrogens with zero attached hydrogens (tertiary/aromatic N) is 3. The van der Waals surface area contributed by atoms with E-state index in [0.717, 1.165) is 43.5 Å². The summed E-state index contributed by atoms with van der Waals surface area (Å²) in [6.07, 6.45) is 1.40. The summed E-state index contributed by atoms with van der Waals surface area (Å²) in [7, 11) is 0. The van der Waals surface area contributed by atoms with Gasteiger partial charge in [0.15, 0.2) is 5.82 Å². The van der Waals surface area contributed by atoms with Gasteiger partial charge < -0.3 is 14.0 Å². The summed E-state index contributed by atoms with van der Waals surface area (Å²) in [5.41, 5.74) is 0. The van der Waals surface area contributed by atoms with Crippen LogP contribution in [0.1, 0.15) is 55.0 Å². The molecule has 3 heterocycles. The normalized spacial score (nSPS) is 20.8. The number of carbonyl (C=O) groups is 1. The molecule has 1 saturated heterocycles. The van der Waals surface area contributed by atoms with Crippen molar-refractivity contribution in [1.82, 2.24) is 15.0 Å². The number of aromatic nitrogens is 2. The van der Waals surface area contributed by atoms with E-state index in [1.165, 1.54) is 19.3 Å². The molecule has 2 aromatic rings. The Hall–Kier alpha value is -2.36. The first-order valence-corrected chi connectivity index (χ1v) is 8.71. The van der Waals surface area contributed by atoms with Gasteiger partial charge in [0.05, 0.1) is 18.7 Å². The minimum atomic E-state index is -5.08. The van der Waals surface area contributed by atoms with Gasteiger partial charge in [0.25, 0.3) is 0 Å². The lowest BCUT2D eigenvalue weighted by atomic mass is 9.98. The van der Waals surface area contributed by atoms with Gasteiger partial charge in [-0.3, -0.25) is 4.90 Å². The number of carboxylic acids is 1. The van der Waals surface area contributed by atoms with E-state index in [4.69, 9.17) is 18.8 Å². The van der Waals surface area contributed by atoms with Gasteiger partial charge in [-0.2, -0.15) is 18.2 Å². The molecule has 2 aromatic heterocycles. The van der Waals surface area contributed by atoms with Crippen molar-refractivity contribution in [3.8, 4) is 0 Å². The molecule has 0 aromatic carbocycles. The first-order valence-electron chi connectivity index (χ1n) is 8.71. The summed E-state index contributed by atoms with van der Waals surface area (Å²) in [4.78, 5) is 15.9. The summed E-state index contributed by atoms with van der Waals surface area (Å²) >= 11 is 0. The van der Waals surface area contributed by atoms with Crippen molar-refractivity contribution in [2.75, 3.05) is 13.1 Å². The number of alkyl halides is 3. The van der Waals surface area contributed by atoms with Crippen molar-refractivity contribution < 1.29 is 32.0 Å². The number of hydrogen-bond acceptors (Lipinski definition) is 6. The lowest BCUT2D eigenvalue weighted by molar-refractivity contribution is -0.192. The van der Waals surface area contributed by atoms with Crippen LogP contribution in [0.25, 0.3) is 0 Å². The van der Waals surface area contributed by atoms with Crippen molar-refractivity contribution in [1.29, 1.82) is 0 Å². The van der Waals surface area contributed by atoms with E-state index in [-0.39, 0.29) is 0 Å². The number of carboxylic acid groups (broad SMARTS) is 1. The van der Waals surface area contributed by atoms with Crippen molar-refractivity contribution in [2.45, 2.75) is 50.2 Å². The highest BCUT2D eigenvalue weighted by Gasteiger charge is 2.38. The molecular formula is C17H20F3N3O4. The van der Waals surface area contributed by atoms with Crippen LogP contribution in [0.5, 0.6) is 0 Å². The number of hydrogen-bond donors (Lipinski definition) is 1. The number of piperidine rings is 1. The molecule has 2 fully saturated rings. The Morgan fingerprint density at radius 1 is 1.30 bits per heavy atom. The molecule has 1 aliphatic carbocycles. The molecule has 27 heavy (non-hydrogen) atoms. The van der Waals surface area contributed by atoms with E-state index in [0.29, 0.717) is 11.8 Å². The van der Waals surface area contributed by atoms with Crippen molar-refractivity contribution in [3.05, 3.63) is 35.9 Å². The fourth-order valence-electron chi connectivity index (χ4n) is 2.94. The zero-order valence-corrected chi connectivity index (χ0v) is 14.5. The Kier molecular flexibility index (Phi) is 5.83. The van der Waals surface area contributed by atoms with Crippen LogP contribution in [0, 0.1) is 0 Å². The summed E-state index contributed by atoms with van der Waals surface area (Å²) in [5.74, 6) is 0.954. The second-order valence-corrected chi connectivity index (χ2v) is 6.72. The monoisotopic (exact) mass is 387 g/mol. The zero-order chi connectivity index (χ0) is 19.4. The lowest BCUT2D eigenvalue weighted by Crippen LogP contribution is -2.33. The fraction of sp³-hybridized carbons (Fsp3) is 0.588. The summed E-state index contributed by atoms with van der Waals surface area (Å²) < 4.78 is 42.6. The molecule has 0 radical (unpaired) electrons. The van der Waals surface area contributed by atoms with Crippen LogP contribution in [0.15, 0.2) is 27.3 Å². The van der Waals surface area contributed by atoms with Gasteiger partial charge in [-0.1, -0.05) is 5.16 Å². The highest BCUT2D eigenvalue weighted by Crippen LogP contribution is 2.39. The minimum absolute atomic E-state index is 0.374. The topological polar surface area (TPSA) is 92.6 Å². The second kappa shape index (κ2) is 8.12. The number of aliphatic carboxylic acids is 1. The van der Waals surface area contributed by atoms with Crippen molar-refractivity contribution in [2.24, 2.45) is 0 Å². The fourth-order valence-corrected chi connectivity index (χ4v) is 2.94. The van der Waals surface area contributed by atoms with Crippen LogP contribution < -0.4 is 0 Å². The van der Waals surface area contributed by atoms with Crippen LogP contribution in [-0.4, -0.2) is 45.4 Å². The Morgan fingerprint density at radius 2 is 2.04 bits per heavy atom. The van der Waals surface area contributed by atoms with Gasteiger partial charge in [0, 0.05) is 12.5 Å². The SMILES string of the molecule is O=C(O)C(F)(F)F.c1coc(CN2CCCC(c3nc(C4CC4)no3)C2)c1. The van der Waals surface area contributed by atoms with Gasteiger partial charge in [-0.05, 0) is 44.4 Å². The molecule has 1 unspecified atom stereocenters. The number of furan rings is 1. The zero-order valence-electron chi connectivity index (χ0n) is 14.5. The van der Waals surface area contributed by atoms with Gasteiger partial charge >= 0.3 is 12.1 Å². The second-order valence-electron chi connectivity index (χ2n) is 6.72. The highest BCUT2D eigenvalue weighted by molar-refractivity contribution is 5.73. The number of rotatable bonds is 4. The molecule has 10 heteroatoms. The van der Waals surface area contributed by atoms with E-state index in [9.17, 15) is 13.2 Å². The summed E-state index contributed by atoms with van der Waals surface area (Å²) in [5, 5.41) is 11.3. The predicted octanol–water partition coefficient (Wildman–Crippen LogP) is 3.55. The van der Waals surface area contributed by atoms with E-state index in [1.807, 2.05) is 12.1 Å². The van der Waals surface area contributed by atoms with Crippen LogP contribution in [0.2, 0.25) is 0 Å². The standard InChI is InChI=1S/C15H19N3O2.C2HF3O2/c1-3-12(15-16-14(17-20-15)11-5-6-11)9-18(7-1)10-13-4-2-8-19-13;3-2(4,5)1(6)7/h2,4,8,11-12H,1,3,5-7,9-10H2;(H,6,7). The molecule has 0 amide bonds.